The fourth-order valence-electron chi connectivity index (χ4n) is 1.72. The second-order valence-corrected chi connectivity index (χ2v) is 5.29. The lowest BCUT2D eigenvalue weighted by molar-refractivity contribution is -0.0851. The van der Waals surface area contributed by atoms with Crippen LogP contribution >= 0.6 is 0 Å². The van der Waals surface area contributed by atoms with E-state index in [-0.39, 0.29) is 33.0 Å². The zero-order chi connectivity index (χ0) is 16.8. The third kappa shape index (κ3) is 12.2. The normalized spacial score (nSPS) is 17.2. The van der Waals surface area contributed by atoms with Gasteiger partial charge in [0.25, 0.3) is 0 Å². The molecular formula is C14H30O8. The van der Waals surface area contributed by atoms with Gasteiger partial charge in [-0.1, -0.05) is 12.8 Å². The maximum atomic E-state index is 9.70. The van der Waals surface area contributed by atoms with Crippen LogP contribution in [0.15, 0.2) is 0 Å². The van der Waals surface area contributed by atoms with Crippen molar-refractivity contribution in [2.45, 2.75) is 50.1 Å². The lowest BCUT2D eigenvalue weighted by Crippen LogP contribution is -2.31. The molecule has 0 aromatic heterocycles. The van der Waals surface area contributed by atoms with Gasteiger partial charge in [-0.15, -0.1) is 0 Å². The molecule has 0 aliphatic carbocycles. The molecule has 8 heteroatoms. The highest BCUT2D eigenvalue weighted by atomic mass is 16.5. The molecular weight excluding hydrogens is 296 g/mol. The Balaban J connectivity index is 3.61. The van der Waals surface area contributed by atoms with E-state index < -0.39 is 31.0 Å². The van der Waals surface area contributed by atoms with Gasteiger partial charge in [0.2, 0.25) is 0 Å². The highest BCUT2D eigenvalue weighted by Crippen LogP contribution is 2.07. The molecule has 0 spiro atoms. The highest BCUT2D eigenvalue weighted by molar-refractivity contribution is 4.61. The molecule has 0 aliphatic rings. The van der Waals surface area contributed by atoms with Gasteiger partial charge >= 0.3 is 0 Å². The molecule has 0 radical (unpaired) electrons. The van der Waals surface area contributed by atoms with Gasteiger partial charge in [0.1, 0.15) is 12.2 Å². The number of aliphatic hydroxyl groups excluding tert-OH is 6. The van der Waals surface area contributed by atoms with E-state index >= 15 is 0 Å². The summed E-state index contributed by atoms with van der Waals surface area (Å²) in [5, 5.41) is 54.3. The third-order valence-corrected chi connectivity index (χ3v) is 3.09. The minimum atomic E-state index is -0.992. The van der Waals surface area contributed by atoms with Crippen molar-refractivity contribution in [3.8, 4) is 0 Å². The second-order valence-electron chi connectivity index (χ2n) is 5.29. The summed E-state index contributed by atoms with van der Waals surface area (Å²) in [6.45, 7) is -0.865. The van der Waals surface area contributed by atoms with E-state index in [0.717, 1.165) is 0 Å². The predicted molar refractivity (Wildman–Crippen MR) is 78.3 cm³/mol. The first-order valence-corrected chi connectivity index (χ1v) is 7.59. The number of aliphatic hydroxyl groups is 6. The monoisotopic (exact) mass is 326 g/mol. The van der Waals surface area contributed by atoms with Crippen LogP contribution in [0.1, 0.15) is 25.7 Å². The van der Waals surface area contributed by atoms with Gasteiger partial charge < -0.3 is 40.1 Å². The molecule has 0 heterocycles. The Kier molecular flexibility index (Phi) is 14.1. The number of rotatable bonds is 15. The van der Waals surface area contributed by atoms with Crippen LogP contribution in [-0.2, 0) is 9.47 Å². The van der Waals surface area contributed by atoms with E-state index in [0.29, 0.717) is 25.7 Å². The van der Waals surface area contributed by atoms with Crippen LogP contribution in [0, 0.1) is 0 Å². The molecule has 0 saturated carbocycles. The molecule has 22 heavy (non-hydrogen) atoms. The Hall–Kier alpha value is -0.320. The molecule has 6 N–H and O–H groups in total. The highest BCUT2D eigenvalue weighted by Gasteiger charge is 2.13. The molecule has 4 atom stereocenters. The zero-order valence-corrected chi connectivity index (χ0v) is 12.9. The number of hydrogen-bond acceptors (Lipinski definition) is 8. The molecule has 0 fully saturated rings. The summed E-state index contributed by atoms with van der Waals surface area (Å²) in [5.41, 5.74) is 0. The summed E-state index contributed by atoms with van der Waals surface area (Å²) in [7, 11) is 0. The summed E-state index contributed by atoms with van der Waals surface area (Å²) in [6, 6.07) is 0. The van der Waals surface area contributed by atoms with Crippen molar-refractivity contribution >= 4 is 0 Å². The second kappa shape index (κ2) is 14.3. The van der Waals surface area contributed by atoms with Gasteiger partial charge in [-0.2, -0.15) is 0 Å². The van der Waals surface area contributed by atoms with E-state index in [2.05, 4.69) is 0 Å². The lowest BCUT2D eigenvalue weighted by Gasteiger charge is -2.18. The number of unbranched alkanes of at least 4 members (excludes halogenated alkanes) is 1. The number of ether oxygens (including phenoxy) is 2. The van der Waals surface area contributed by atoms with E-state index in [1.807, 2.05) is 0 Å². The third-order valence-electron chi connectivity index (χ3n) is 3.09. The van der Waals surface area contributed by atoms with Crippen LogP contribution in [0.25, 0.3) is 0 Å². The average molecular weight is 326 g/mol. The largest absolute Gasteiger partial charge is 0.394 e. The quantitative estimate of drug-likeness (QED) is 0.190. The zero-order valence-electron chi connectivity index (χ0n) is 12.9. The Labute approximate surface area is 130 Å². The first-order chi connectivity index (χ1) is 10.5. The van der Waals surface area contributed by atoms with E-state index in [9.17, 15) is 5.11 Å². The smallest absolute Gasteiger partial charge is 0.104 e. The standard InChI is InChI=1S/C14H30O8/c15-5-11(18)3-1-2-4-12(19)8-21-10-14(7-17)22-9-13(20)6-16/h11-20H,1-10H2. The first kappa shape index (κ1) is 21.7. The van der Waals surface area contributed by atoms with Gasteiger partial charge in [-0.25, -0.2) is 0 Å². The van der Waals surface area contributed by atoms with Gasteiger partial charge in [0.15, 0.2) is 0 Å². The predicted octanol–water partition coefficient (Wildman–Crippen LogP) is -1.99. The Bertz CT molecular complexity index is 241. The van der Waals surface area contributed by atoms with E-state index in [1.54, 1.807) is 0 Å². The SMILES string of the molecule is OCC(O)CCCCC(O)COCC(CO)OCC(O)CO. The van der Waals surface area contributed by atoms with Crippen molar-refractivity contribution in [3.05, 3.63) is 0 Å². The van der Waals surface area contributed by atoms with Crippen LogP contribution in [0.3, 0.4) is 0 Å². The minimum Gasteiger partial charge on any atom is -0.394 e. The molecule has 0 aromatic rings. The van der Waals surface area contributed by atoms with Crippen molar-refractivity contribution in [3.63, 3.8) is 0 Å². The lowest BCUT2D eigenvalue weighted by atomic mass is 10.1. The molecule has 8 nitrogen and oxygen atoms in total. The summed E-state index contributed by atoms with van der Waals surface area (Å²) in [5.74, 6) is 0. The van der Waals surface area contributed by atoms with Gasteiger partial charge in [-0.05, 0) is 12.8 Å². The summed E-state index contributed by atoms with van der Waals surface area (Å²) < 4.78 is 10.4. The molecule has 0 amide bonds. The molecule has 0 bridgehead atoms. The molecule has 0 rings (SSSR count). The summed E-state index contributed by atoms with van der Waals surface area (Å²) >= 11 is 0. The maximum Gasteiger partial charge on any atom is 0.104 e. The van der Waals surface area contributed by atoms with Crippen molar-refractivity contribution in [2.75, 3.05) is 39.6 Å². The van der Waals surface area contributed by atoms with Crippen molar-refractivity contribution < 1.29 is 40.1 Å². The van der Waals surface area contributed by atoms with Gasteiger partial charge in [0.05, 0.1) is 51.8 Å². The van der Waals surface area contributed by atoms with Crippen molar-refractivity contribution in [2.24, 2.45) is 0 Å². The summed E-state index contributed by atoms with van der Waals surface area (Å²) in [6.07, 6.45) is -0.519. The summed E-state index contributed by atoms with van der Waals surface area (Å²) in [4.78, 5) is 0. The Morgan fingerprint density at radius 3 is 1.77 bits per heavy atom. The molecule has 0 aromatic carbocycles. The van der Waals surface area contributed by atoms with E-state index in [1.165, 1.54) is 0 Å². The molecule has 4 unspecified atom stereocenters. The van der Waals surface area contributed by atoms with Gasteiger partial charge in [-0.3, -0.25) is 0 Å². The first-order valence-electron chi connectivity index (χ1n) is 7.59. The van der Waals surface area contributed by atoms with Crippen molar-refractivity contribution in [1.82, 2.24) is 0 Å². The fraction of sp³-hybridized carbons (Fsp3) is 1.00. The van der Waals surface area contributed by atoms with Crippen LogP contribution < -0.4 is 0 Å². The van der Waals surface area contributed by atoms with Crippen molar-refractivity contribution in [1.29, 1.82) is 0 Å². The van der Waals surface area contributed by atoms with Crippen LogP contribution in [0.5, 0.6) is 0 Å². The average Bonchev–Trinajstić information content (AvgIpc) is 2.53. The van der Waals surface area contributed by atoms with Gasteiger partial charge in [0, 0.05) is 0 Å². The Morgan fingerprint density at radius 1 is 0.636 bits per heavy atom. The van der Waals surface area contributed by atoms with Crippen LogP contribution in [-0.4, -0.2) is 94.7 Å². The van der Waals surface area contributed by atoms with Crippen LogP contribution in [0.4, 0.5) is 0 Å². The minimum absolute atomic E-state index is 0.0783. The molecule has 0 saturated heterocycles. The van der Waals surface area contributed by atoms with Crippen LogP contribution in [0.2, 0.25) is 0 Å². The molecule has 0 aliphatic heterocycles. The molecule has 134 valence electrons. The topological polar surface area (TPSA) is 140 Å². The Morgan fingerprint density at radius 2 is 1.23 bits per heavy atom. The fourth-order valence-corrected chi connectivity index (χ4v) is 1.72. The number of hydrogen-bond donors (Lipinski definition) is 6. The van der Waals surface area contributed by atoms with E-state index in [4.69, 9.17) is 35.0 Å². The maximum absolute atomic E-state index is 9.70.